The van der Waals surface area contributed by atoms with Crippen molar-refractivity contribution in [1.29, 1.82) is 0 Å². The summed E-state index contributed by atoms with van der Waals surface area (Å²) in [5.41, 5.74) is 2.51. The number of anilines is 1. The molecule has 0 spiro atoms. The van der Waals surface area contributed by atoms with E-state index < -0.39 is 5.97 Å². The van der Waals surface area contributed by atoms with Crippen LogP contribution in [0.15, 0.2) is 35.7 Å². The zero-order chi connectivity index (χ0) is 15.2. The average Bonchev–Trinajstić information content (AvgIpc) is 2.87. The molecule has 6 heteroatoms. The fourth-order valence-electron chi connectivity index (χ4n) is 1.80. The Morgan fingerprint density at radius 1 is 1.33 bits per heavy atom. The minimum absolute atomic E-state index is 0.136. The molecule has 0 atom stereocenters. The van der Waals surface area contributed by atoms with Gasteiger partial charge in [-0.3, -0.25) is 4.79 Å². The van der Waals surface area contributed by atoms with E-state index in [2.05, 4.69) is 11.4 Å². The number of aryl methyl sites for hydroxylation is 1. The van der Waals surface area contributed by atoms with E-state index in [4.69, 9.17) is 5.11 Å². The fraction of sp³-hybridized carbons (Fsp3) is 0.200. The Kier molecular flexibility index (Phi) is 5.41. The van der Waals surface area contributed by atoms with Crippen LogP contribution in [0.25, 0.3) is 0 Å². The second kappa shape index (κ2) is 7.28. The van der Waals surface area contributed by atoms with Gasteiger partial charge < -0.3 is 10.4 Å². The second-order valence-corrected chi connectivity index (χ2v) is 6.40. The summed E-state index contributed by atoms with van der Waals surface area (Å²) < 4.78 is 0. The minimum atomic E-state index is -1.03. The fourth-order valence-corrected chi connectivity index (χ4v) is 3.37. The Morgan fingerprint density at radius 2 is 2.14 bits per heavy atom. The number of carbonyl (C=O) groups excluding carboxylic acids is 1. The highest BCUT2D eigenvalue weighted by atomic mass is 32.2. The van der Waals surface area contributed by atoms with Gasteiger partial charge in [0.1, 0.15) is 5.00 Å². The number of thioether (sulfide) groups is 1. The van der Waals surface area contributed by atoms with Gasteiger partial charge in [0.2, 0.25) is 5.91 Å². The lowest BCUT2D eigenvalue weighted by atomic mass is 10.2. The lowest BCUT2D eigenvalue weighted by Crippen LogP contribution is -2.15. The van der Waals surface area contributed by atoms with E-state index in [1.165, 1.54) is 40.3 Å². The maximum atomic E-state index is 11.8. The van der Waals surface area contributed by atoms with Gasteiger partial charge >= 0.3 is 5.97 Å². The Morgan fingerprint density at radius 3 is 2.86 bits per heavy atom. The van der Waals surface area contributed by atoms with Crippen LogP contribution in [0, 0.1) is 6.92 Å². The molecule has 0 bridgehead atoms. The third-order valence-corrected chi connectivity index (χ3v) is 4.57. The summed E-state index contributed by atoms with van der Waals surface area (Å²) in [4.78, 5) is 22.8. The van der Waals surface area contributed by atoms with E-state index in [-0.39, 0.29) is 11.5 Å². The van der Waals surface area contributed by atoms with E-state index >= 15 is 0 Å². The van der Waals surface area contributed by atoms with Crippen LogP contribution in [-0.2, 0) is 10.5 Å². The monoisotopic (exact) mass is 321 g/mol. The molecule has 0 saturated carbocycles. The van der Waals surface area contributed by atoms with E-state index in [1.807, 2.05) is 25.1 Å². The Hall–Kier alpha value is -1.79. The number of benzene rings is 1. The molecule has 1 aromatic heterocycles. The van der Waals surface area contributed by atoms with Crippen LogP contribution < -0.4 is 5.32 Å². The van der Waals surface area contributed by atoms with Gasteiger partial charge in [-0.25, -0.2) is 4.79 Å². The number of carboxylic acids is 1. The molecular formula is C15H15NO3S2. The molecule has 21 heavy (non-hydrogen) atoms. The summed E-state index contributed by atoms with van der Waals surface area (Å²) in [6.07, 6.45) is 0. The largest absolute Gasteiger partial charge is 0.478 e. The van der Waals surface area contributed by atoms with Crippen molar-refractivity contribution in [3.05, 3.63) is 52.4 Å². The molecule has 1 aromatic carbocycles. The van der Waals surface area contributed by atoms with Crippen molar-refractivity contribution in [2.24, 2.45) is 0 Å². The summed E-state index contributed by atoms with van der Waals surface area (Å²) in [5.74, 6) is -0.160. The molecule has 0 aliphatic heterocycles. The molecule has 1 amide bonds. The molecule has 2 aromatic rings. The molecule has 0 aliphatic carbocycles. The molecule has 110 valence electrons. The van der Waals surface area contributed by atoms with Crippen LogP contribution in [0.1, 0.15) is 21.5 Å². The number of rotatable bonds is 6. The topological polar surface area (TPSA) is 66.4 Å². The summed E-state index contributed by atoms with van der Waals surface area (Å²) in [6.45, 7) is 2.03. The predicted octanol–water partition coefficient (Wildman–Crippen LogP) is 3.63. The number of thiophene rings is 1. The first-order chi connectivity index (χ1) is 10.1. The molecule has 4 nitrogen and oxygen atoms in total. The van der Waals surface area contributed by atoms with Crippen molar-refractivity contribution in [3.63, 3.8) is 0 Å². The number of hydrogen-bond acceptors (Lipinski definition) is 4. The average molecular weight is 321 g/mol. The zero-order valence-electron chi connectivity index (χ0n) is 11.5. The number of carboxylic acid groups (broad SMARTS) is 1. The first-order valence-electron chi connectivity index (χ1n) is 6.30. The summed E-state index contributed by atoms with van der Waals surface area (Å²) in [6, 6.07) is 9.64. The third kappa shape index (κ3) is 4.61. The SMILES string of the molecule is Cc1cccc(CSCC(=O)Nc2sccc2C(=O)O)c1. The van der Waals surface area contributed by atoms with Crippen molar-refractivity contribution < 1.29 is 14.7 Å². The van der Waals surface area contributed by atoms with Gasteiger partial charge in [0.15, 0.2) is 0 Å². The second-order valence-electron chi connectivity index (χ2n) is 4.50. The number of amides is 1. The van der Waals surface area contributed by atoms with Gasteiger partial charge in [-0.2, -0.15) is 0 Å². The molecular weight excluding hydrogens is 306 g/mol. The van der Waals surface area contributed by atoms with Gasteiger partial charge in [-0.15, -0.1) is 23.1 Å². The van der Waals surface area contributed by atoms with Crippen molar-refractivity contribution in [3.8, 4) is 0 Å². The van der Waals surface area contributed by atoms with E-state index in [9.17, 15) is 9.59 Å². The highest BCUT2D eigenvalue weighted by Crippen LogP contribution is 2.23. The van der Waals surface area contributed by atoms with Crippen LogP contribution in [0.5, 0.6) is 0 Å². The lowest BCUT2D eigenvalue weighted by Gasteiger charge is -2.05. The van der Waals surface area contributed by atoms with Crippen molar-refractivity contribution in [2.75, 3.05) is 11.1 Å². The van der Waals surface area contributed by atoms with Gasteiger partial charge in [0, 0.05) is 5.75 Å². The lowest BCUT2D eigenvalue weighted by molar-refractivity contribution is -0.113. The normalized spacial score (nSPS) is 10.3. The maximum absolute atomic E-state index is 11.8. The summed E-state index contributed by atoms with van der Waals surface area (Å²) in [5, 5.41) is 13.7. The summed E-state index contributed by atoms with van der Waals surface area (Å²) in [7, 11) is 0. The molecule has 0 fully saturated rings. The van der Waals surface area contributed by atoms with Crippen LogP contribution in [0.4, 0.5) is 5.00 Å². The molecule has 0 saturated heterocycles. The highest BCUT2D eigenvalue weighted by molar-refractivity contribution is 7.99. The van der Waals surface area contributed by atoms with Crippen LogP contribution >= 0.6 is 23.1 Å². The van der Waals surface area contributed by atoms with Gasteiger partial charge in [0.25, 0.3) is 0 Å². The van der Waals surface area contributed by atoms with Gasteiger partial charge in [-0.05, 0) is 23.9 Å². The third-order valence-electron chi connectivity index (χ3n) is 2.73. The number of hydrogen-bond donors (Lipinski definition) is 2. The molecule has 0 radical (unpaired) electrons. The van der Waals surface area contributed by atoms with Crippen molar-refractivity contribution in [2.45, 2.75) is 12.7 Å². The summed E-state index contributed by atoms with van der Waals surface area (Å²) >= 11 is 2.72. The number of nitrogens with one attached hydrogen (secondary N) is 1. The van der Waals surface area contributed by atoms with Crippen molar-refractivity contribution in [1.82, 2.24) is 0 Å². The standard InChI is InChI=1S/C15H15NO3S2/c1-10-3-2-4-11(7-10)8-20-9-13(17)16-14-12(15(18)19)5-6-21-14/h2-7H,8-9H2,1H3,(H,16,17)(H,18,19). The minimum Gasteiger partial charge on any atom is -0.478 e. The van der Waals surface area contributed by atoms with E-state index in [1.54, 1.807) is 5.38 Å². The number of carbonyl (C=O) groups is 2. The predicted molar refractivity (Wildman–Crippen MR) is 87.2 cm³/mol. The first kappa shape index (κ1) is 15.6. The van der Waals surface area contributed by atoms with Crippen LogP contribution in [0.3, 0.4) is 0 Å². The van der Waals surface area contributed by atoms with Gasteiger partial charge in [-0.1, -0.05) is 29.8 Å². The van der Waals surface area contributed by atoms with E-state index in [0.29, 0.717) is 10.8 Å². The quantitative estimate of drug-likeness (QED) is 0.852. The Labute approximate surface area is 131 Å². The first-order valence-corrected chi connectivity index (χ1v) is 8.33. The Bertz CT molecular complexity index is 652. The highest BCUT2D eigenvalue weighted by Gasteiger charge is 2.13. The molecule has 0 aliphatic rings. The zero-order valence-corrected chi connectivity index (χ0v) is 13.1. The van der Waals surface area contributed by atoms with Crippen molar-refractivity contribution >= 4 is 40.0 Å². The smallest absolute Gasteiger partial charge is 0.338 e. The van der Waals surface area contributed by atoms with Gasteiger partial charge in [0.05, 0.1) is 11.3 Å². The van der Waals surface area contributed by atoms with E-state index in [0.717, 1.165) is 5.75 Å². The molecule has 1 heterocycles. The molecule has 2 rings (SSSR count). The Balaban J connectivity index is 1.82. The number of aromatic carboxylic acids is 1. The maximum Gasteiger partial charge on any atom is 0.338 e. The molecule has 0 unspecified atom stereocenters. The molecule has 2 N–H and O–H groups in total. The van der Waals surface area contributed by atoms with Crippen LogP contribution in [0.2, 0.25) is 0 Å². The van der Waals surface area contributed by atoms with Crippen LogP contribution in [-0.4, -0.2) is 22.7 Å².